The van der Waals surface area contributed by atoms with Crippen LogP contribution >= 0.6 is 11.3 Å². The summed E-state index contributed by atoms with van der Waals surface area (Å²) in [5.74, 6) is 0.986. The normalized spacial score (nSPS) is 17.5. The van der Waals surface area contributed by atoms with Gasteiger partial charge in [0.25, 0.3) is 5.91 Å². The number of anilines is 3. The zero-order chi connectivity index (χ0) is 25.6. The van der Waals surface area contributed by atoms with E-state index in [1.165, 1.54) is 25.2 Å². The molecule has 1 unspecified atom stereocenters. The van der Waals surface area contributed by atoms with Crippen LogP contribution in [0, 0.1) is 12.8 Å². The van der Waals surface area contributed by atoms with Gasteiger partial charge in [-0.1, -0.05) is 0 Å². The van der Waals surface area contributed by atoms with Crippen LogP contribution in [0.25, 0.3) is 0 Å². The Hall–Kier alpha value is -3.28. The number of nitrogens with zero attached hydrogens (tertiary/aromatic N) is 5. The summed E-state index contributed by atoms with van der Waals surface area (Å²) in [5.41, 5.74) is 0.689. The molecule has 192 valence electrons. The van der Waals surface area contributed by atoms with Crippen LogP contribution in [-0.2, 0) is 24.7 Å². The Morgan fingerprint density at radius 1 is 1.28 bits per heavy atom. The fourth-order valence-electron chi connectivity index (χ4n) is 4.51. The molecule has 12 heteroatoms. The predicted molar refractivity (Wildman–Crippen MR) is 136 cm³/mol. The molecule has 0 radical (unpaired) electrons. The molecule has 2 aliphatic carbocycles. The van der Waals surface area contributed by atoms with E-state index in [9.17, 15) is 14.0 Å². The lowest BCUT2D eigenvalue weighted by Crippen LogP contribution is -2.36. The highest BCUT2D eigenvalue weighted by atomic mass is 32.1. The van der Waals surface area contributed by atoms with Gasteiger partial charge in [0.1, 0.15) is 22.8 Å². The third kappa shape index (κ3) is 5.13. The van der Waals surface area contributed by atoms with E-state index in [0.29, 0.717) is 22.9 Å². The minimum absolute atomic E-state index is 0.00933. The van der Waals surface area contributed by atoms with E-state index < -0.39 is 5.67 Å². The molecule has 2 amide bonds. The number of alkyl halides is 1. The van der Waals surface area contributed by atoms with Gasteiger partial charge in [0, 0.05) is 30.0 Å². The summed E-state index contributed by atoms with van der Waals surface area (Å²) >= 11 is 1.45. The lowest BCUT2D eigenvalue weighted by atomic mass is 9.91. The summed E-state index contributed by atoms with van der Waals surface area (Å²) in [7, 11) is 1.86. The van der Waals surface area contributed by atoms with Gasteiger partial charge in [0.15, 0.2) is 0 Å². The smallest absolute Gasteiger partial charge is 0.254 e. The van der Waals surface area contributed by atoms with Crippen LogP contribution in [0.2, 0.25) is 0 Å². The zero-order valence-electron chi connectivity index (χ0n) is 20.9. The Bertz CT molecular complexity index is 1300. The Morgan fingerprint density at radius 3 is 2.72 bits per heavy atom. The number of hydrogen-bond donors (Lipinski definition) is 3. The first-order valence-electron chi connectivity index (χ1n) is 12.2. The van der Waals surface area contributed by atoms with Gasteiger partial charge in [-0.2, -0.15) is 5.10 Å². The largest absolute Gasteiger partial charge is 0.349 e. The number of amides is 2. The lowest BCUT2D eigenvalue weighted by Gasteiger charge is -2.25. The summed E-state index contributed by atoms with van der Waals surface area (Å²) in [6.45, 7) is 4.66. The molecule has 3 aromatic rings. The highest BCUT2D eigenvalue weighted by Crippen LogP contribution is 2.42. The lowest BCUT2D eigenvalue weighted by molar-refractivity contribution is -0.117. The van der Waals surface area contributed by atoms with Crippen molar-refractivity contribution in [3.05, 3.63) is 34.1 Å². The number of carbonyl (C=O) groups is 2. The molecule has 0 aliphatic heterocycles. The van der Waals surface area contributed by atoms with Crippen molar-refractivity contribution in [2.75, 3.05) is 17.2 Å². The maximum atomic E-state index is 14.1. The molecule has 0 spiro atoms. The van der Waals surface area contributed by atoms with Crippen LogP contribution in [0.4, 0.5) is 21.2 Å². The Balaban J connectivity index is 1.42. The van der Waals surface area contributed by atoms with Crippen molar-refractivity contribution in [3.63, 3.8) is 0 Å². The summed E-state index contributed by atoms with van der Waals surface area (Å²) < 4.78 is 17.9. The topological polar surface area (TPSA) is 119 Å². The minimum atomic E-state index is -1.54. The molecular formula is C24H31FN8O2S. The molecule has 3 N–H and O–H groups in total. The van der Waals surface area contributed by atoms with E-state index in [1.807, 2.05) is 24.6 Å². The van der Waals surface area contributed by atoms with Crippen LogP contribution in [-0.4, -0.2) is 48.6 Å². The summed E-state index contributed by atoms with van der Waals surface area (Å²) in [6.07, 6.45) is 5.59. The SMILES string of the molecule is Cc1cc(Nc2nncn2C2CCc3sc(NC(=O)C4CC4)c(C(=O)NCC(C)(C)F)c3C2)n(C)n1. The highest BCUT2D eigenvalue weighted by Gasteiger charge is 2.35. The van der Waals surface area contributed by atoms with Crippen molar-refractivity contribution in [2.45, 2.75) is 64.6 Å². The summed E-state index contributed by atoms with van der Waals surface area (Å²) in [6, 6.07) is 1.94. The fourth-order valence-corrected chi connectivity index (χ4v) is 5.76. The summed E-state index contributed by atoms with van der Waals surface area (Å²) in [5, 5.41) is 22.3. The Morgan fingerprint density at radius 2 is 2.06 bits per heavy atom. The first kappa shape index (κ1) is 24.4. The second-order valence-corrected chi connectivity index (χ2v) is 11.4. The van der Waals surface area contributed by atoms with Gasteiger partial charge in [-0.25, -0.2) is 4.39 Å². The monoisotopic (exact) mass is 514 g/mol. The van der Waals surface area contributed by atoms with E-state index >= 15 is 0 Å². The highest BCUT2D eigenvalue weighted by molar-refractivity contribution is 7.17. The van der Waals surface area contributed by atoms with Crippen molar-refractivity contribution < 1.29 is 14.0 Å². The van der Waals surface area contributed by atoms with Gasteiger partial charge in [-0.15, -0.1) is 21.5 Å². The molecule has 36 heavy (non-hydrogen) atoms. The molecular weight excluding hydrogens is 483 g/mol. The summed E-state index contributed by atoms with van der Waals surface area (Å²) in [4.78, 5) is 26.9. The van der Waals surface area contributed by atoms with Gasteiger partial charge in [-0.3, -0.25) is 18.8 Å². The number of thiophene rings is 1. The second-order valence-electron chi connectivity index (χ2n) is 10.3. The average molecular weight is 515 g/mol. The molecule has 5 rings (SSSR count). The van der Waals surface area contributed by atoms with Gasteiger partial charge in [0.05, 0.1) is 17.8 Å². The number of nitrogens with one attached hydrogen (secondary N) is 3. The third-order valence-electron chi connectivity index (χ3n) is 6.52. The number of aryl methyl sites for hydroxylation is 3. The maximum absolute atomic E-state index is 14.1. The molecule has 0 bridgehead atoms. The van der Waals surface area contributed by atoms with Crippen molar-refractivity contribution >= 4 is 39.9 Å². The predicted octanol–water partition coefficient (Wildman–Crippen LogP) is 3.68. The van der Waals surface area contributed by atoms with E-state index in [1.54, 1.807) is 11.0 Å². The first-order valence-corrected chi connectivity index (χ1v) is 13.0. The molecule has 10 nitrogen and oxygen atoms in total. The number of halogens is 1. The molecule has 1 fully saturated rings. The molecule has 1 atom stereocenters. The van der Waals surface area contributed by atoms with Crippen LogP contribution in [0.15, 0.2) is 12.4 Å². The molecule has 1 saturated carbocycles. The van der Waals surface area contributed by atoms with Crippen LogP contribution in [0.5, 0.6) is 0 Å². The maximum Gasteiger partial charge on any atom is 0.254 e. The molecule has 0 saturated heterocycles. The van der Waals surface area contributed by atoms with Gasteiger partial charge < -0.3 is 16.0 Å². The third-order valence-corrected chi connectivity index (χ3v) is 7.73. The second kappa shape index (κ2) is 9.30. The fraction of sp³-hybridized carbons (Fsp3) is 0.542. The molecule has 3 aromatic heterocycles. The Labute approximate surface area is 212 Å². The van der Waals surface area contributed by atoms with E-state index in [2.05, 4.69) is 31.2 Å². The minimum Gasteiger partial charge on any atom is -0.349 e. The Kier molecular flexibility index (Phi) is 6.31. The van der Waals surface area contributed by atoms with Crippen molar-refractivity contribution in [1.29, 1.82) is 0 Å². The van der Waals surface area contributed by atoms with Crippen molar-refractivity contribution in [2.24, 2.45) is 13.0 Å². The van der Waals surface area contributed by atoms with Crippen LogP contribution in [0.3, 0.4) is 0 Å². The number of hydrogen-bond acceptors (Lipinski definition) is 7. The van der Waals surface area contributed by atoms with Gasteiger partial charge in [-0.05, 0) is 58.4 Å². The zero-order valence-corrected chi connectivity index (χ0v) is 21.7. The van der Waals surface area contributed by atoms with Gasteiger partial charge in [0.2, 0.25) is 11.9 Å². The number of fused-ring (bicyclic) bond motifs is 1. The molecule has 0 aromatic carbocycles. The molecule has 3 heterocycles. The first-order chi connectivity index (χ1) is 17.1. The molecule has 2 aliphatic rings. The van der Waals surface area contributed by atoms with E-state index in [0.717, 1.165) is 47.6 Å². The van der Waals surface area contributed by atoms with Crippen LogP contribution in [0.1, 0.15) is 65.6 Å². The van der Waals surface area contributed by atoms with Gasteiger partial charge >= 0.3 is 0 Å². The number of aromatic nitrogens is 5. The van der Waals surface area contributed by atoms with Crippen molar-refractivity contribution in [1.82, 2.24) is 29.9 Å². The number of carbonyl (C=O) groups excluding carboxylic acids is 2. The van der Waals surface area contributed by atoms with E-state index in [-0.39, 0.29) is 30.3 Å². The average Bonchev–Trinajstić information content (AvgIpc) is 3.34. The van der Waals surface area contributed by atoms with Crippen LogP contribution < -0.4 is 16.0 Å². The quantitative estimate of drug-likeness (QED) is 0.422. The standard InChI is InChI=1S/C24H31FN8O2S/c1-13-9-18(32(4)31-13)28-23-30-27-12-33(23)15-7-8-17-16(10-15)19(21(35)26-11-24(2,3)25)22(36-17)29-20(34)14-5-6-14/h9,12,14-15H,5-8,10-11H2,1-4H3,(H,26,35)(H,28,30)(H,29,34). The number of rotatable bonds is 8. The van der Waals surface area contributed by atoms with Crippen molar-refractivity contribution in [3.8, 4) is 0 Å². The van der Waals surface area contributed by atoms with E-state index in [4.69, 9.17) is 0 Å².